The van der Waals surface area contributed by atoms with Crippen molar-refractivity contribution < 1.29 is 76.6 Å². The van der Waals surface area contributed by atoms with Crippen LogP contribution in [0.3, 0.4) is 0 Å². The summed E-state index contributed by atoms with van der Waals surface area (Å²) < 4.78 is 61.5. The van der Waals surface area contributed by atoms with Crippen LogP contribution in [-0.2, 0) is 50.3 Å². The minimum absolute atomic E-state index is 0. The molecule has 10 rings (SSSR count). The van der Waals surface area contributed by atoms with Crippen molar-refractivity contribution in [1.82, 2.24) is 19.9 Å². The van der Waals surface area contributed by atoms with Crippen molar-refractivity contribution in [3.05, 3.63) is 217 Å². The molecule has 0 aliphatic rings. The van der Waals surface area contributed by atoms with Gasteiger partial charge in [0.1, 0.15) is 0 Å². The van der Waals surface area contributed by atoms with Crippen LogP contribution < -0.4 is 0 Å². The van der Waals surface area contributed by atoms with Gasteiger partial charge in [-0.15, -0.1) is 130 Å². The molecular formula is C54H49F3Ir2N4O5S3-4. The number of halogens is 3. The molecule has 10 aromatic rings. The number of aryl methyl sites for hydroxylation is 2. The average molecular weight is 1370 g/mol. The van der Waals surface area contributed by atoms with E-state index in [-0.39, 0.29) is 47.6 Å². The number of nitrogens with zero attached hydrogens (tertiary/aromatic N) is 4. The van der Waals surface area contributed by atoms with Crippen LogP contribution >= 0.6 is 22.7 Å². The average Bonchev–Trinajstić information content (AvgIpc) is 4.08. The summed E-state index contributed by atoms with van der Waals surface area (Å²) in [5.41, 5.74) is 4.84. The molecular weight excluding hydrogens is 1320 g/mol. The van der Waals surface area contributed by atoms with Gasteiger partial charge < -0.3 is 29.7 Å². The molecule has 0 aliphatic heterocycles. The van der Waals surface area contributed by atoms with Gasteiger partial charge in [0.2, 0.25) is 0 Å². The molecule has 0 amide bonds. The second-order valence-corrected chi connectivity index (χ2v) is 16.7. The molecule has 0 atom stereocenters. The maximum atomic E-state index is 10.7. The smallest absolute Gasteiger partial charge is 0.485 e. The number of aromatic nitrogens is 4. The number of pyridine rings is 4. The molecule has 2 radical (unpaired) electrons. The summed E-state index contributed by atoms with van der Waals surface area (Å²) in [4.78, 5) is 17.7. The van der Waals surface area contributed by atoms with E-state index in [0.717, 1.165) is 65.1 Å². The van der Waals surface area contributed by atoms with Crippen LogP contribution in [0.25, 0.3) is 65.2 Å². The maximum absolute atomic E-state index is 10.7. The van der Waals surface area contributed by atoms with E-state index in [1.807, 2.05) is 160 Å². The van der Waals surface area contributed by atoms with Gasteiger partial charge in [0, 0.05) is 98.6 Å². The van der Waals surface area contributed by atoms with Gasteiger partial charge in [-0.3, -0.25) is 4.98 Å². The molecule has 17 heteroatoms. The fourth-order valence-electron chi connectivity index (χ4n) is 5.86. The topological polar surface area (TPSA) is 149 Å². The standard InChI is InChI=1S/C13H9NS.C13H8NS.2C12H10N.CHF3O3S.2CH4O.CH4.2Ir/c2*1-2-4-10(5-3-1)13-11-7-9-15-12(11)6-8-14-13;2*1-10-6-5-9-12(13-10)11-7-3-2-4-8-11;2-1(3,4)8(5,6)7;2*1-2;;;/h1-9H;1-4,6-9H;2*2-7,9H,1H3;(H,5,6,7);2*2H,1H3;1H4;;/q;3*-1;;;;;;/p-1. The zero-order valence-electron chi connectivity index (χ0n) is 37.8. The van der Waals surface area contributed by atoms with Gasteiger partial charge >= 0.3 is 5.51 Å². The van der Waals surface area contributed by atoms with Crippen LogP contribution in [0, 0.1) is 32.0 Å². The summed E-state index contributed by atoms with van der Waals surface area (Å²) in [6.07, 6.45) is 3.73. The number of aliphatic hydroxyl groups is 2. The largest absolute Gasteiger partial charge is 0.741 e. The minimum atomic E-state index is -6.09. The third-order valence-corrected chi connectivity index (χ3v) is 11.1. The van der Waals surface area contributed by atoms with Crippen LogP contribution in [0.5, 0.6) is 0 Å². The molecule has 6 heterocycles. The number of thiophene rings is 2. The minimum Gasteiger partial charge on any atom is -0.741 e. The van der Waals surface area contributed by atoms with E-state index in [1.165, 1.54) is 25.7 Å². The fraction of sp³-hybridized carbons (Fsp3) is 0.111. The van der Waals surface area contributed by atoms with Gasteiger partial charge in [-0.05, 0) is 77.4 Å². The van der Waals surface area contributed by atoms with Gasteiger partial charge in [0.05, 0.1) is 5.69 Å². The van der Waals surface area contributed by atoms with Crippen LogP contribution in [0.4, 0.5) is 13.2 Å². The SMILES string of the molecule is C.CO.CO.Cc1cccc(-c2[c-]cccc2)n1.Cc1cccc(-c2[c-]cccc2)n1.O=S(=O)([O-])C(F)(F)F.[Ir].[Ir].[c-]1ccccc1-c1nccc2sccc12.c1ccc(-c2nccc3sccc23)cc1. The number of hydrogen-bond donors (Lipinski definition) is 2. The number of alkyl halides is 3. The van der Waals surface area contributed by atoms with Gasteiger partial charge in [-0.1, -0.05) is 68.1 Å². The molecule has 2 N–H and O–H groups in total. The van der Waals surface area contributed by atoms with E-state index in [4.69, 9.17) is 23.2 Å². The van der Waals surface area contributed by atoms with E-state index in [1.54, 1.807) is 22.7 Å². The van der Waals surface area contributed by atoms with Gasteiger partial charge in [-0.25, -0.2) is 8.42 Å². The number of hydrogen-bond acceptors (Lipinski definition) is 11. The van der Waals surface area contributed by atoms with E-state index in [9.17, 15) is 13.2 Å². The Morgan fingerprint density at radius 2 is 0.901 bits per heavy atom. The van der Waals surface area contributed by atoms with Crippen molar-refractivity contribution in [2.75, 3.05) is 14.2 Å². The third-order valence-electron chi connectivity index (χ3n) is 8.80. The normalized spacial score (nSPS) is 9.89. The monoisotopic (exact) mass is 1370 g/mol. The Hall–Kier alpha value is -5.68. The van der Waals surface area contributed by atoms with Crippen molar-refractivity contribution >= 4 is 53.0 Å². The second-order valence-electron chi connectivity index (χ2n) is 13.4. The molecule has 0 aliphatic carbocycles. The molecule has 6 aromatic heterocycles. The number of aliphatic hydroxyl groups excluding tert-OH is 2. The Morgan fingerprint density at radius 1 is 0.521 bits per heavy atom. The first-order valence-electron chi connectivity index (χ1n) is 20.3. The summed E-state index contributed by atoms with van der Waals surface area (Å²) >= 11 is 3.50. The second kappa shape index (κ2) is 33.1. The summed E-state index contributed by atoms with van der Waals surface area (Å²) in [5.74, 6) is 0. The van der Waals surface area contributed by atoms with E-state index < -0.39 is 15.6 Å². The van der Waals surface area contributed by atoms with Gasteiger partial charge in [0.15, 0.2) is 10.1 Å². The Labute approximate surface area is 448 Å². The first-order valence-corrected chi connectivity index (χ1v) is 23.4. The molecule has 0 spiro atoms. The van der Waals surface area contributed by atoms with Crippen molar-refractivity contribution in [2.24, 2.45) is 0 Å². The maximum Gasteiger partial charge on any atom is 0.485 e. The molecule has 9 nitrogen and oxygen atoms in total. The molecule has 0 saturated heterocycles. The molecule has 0 unspecified atom stereocenters. The van der Waals surface area contributed by atoms with Crippen LogP contribution in [0.1, 0.15) is 18.8 Å². The quantitative estimate of drug-likeness (QED) is 0.0997. The number of benzene rings is 4. The Morgan fingerprint density at radius 3 is 1.28 bits per heavy atom. The zero-order valence-corrected chi connectivity index (χ0v) is 45.1. The van der Waals surface area contributed by atoms with Crippen LogP contribution in [-0.4, -0.2) is 62.8 Å². The Bertz CT molecular complexity index is 2930. The molecule has 376 valence electrons. The first kappa shape index (κ1) is 63.3. The third kappa shape index (κ3) is 20.2. The summed E-state index contributed by atoms with van der Waals surface area (Å²) in [6.45, 7) is 3.98. The predicted molar refractivity (Wildman–Crippen MR) is 274 cm³/mol. The van der Waals surface area contributed by atoms with Crippen LogP contribution in [0.15, 0.2) is 187 Å². The molecule has 71 heavy (non-hydrogen) atoms. The van der Waals surface area contributed by atoms with E-state index >= 15 is 0 Å². The van der Waals surface area contributed by atoms with Crippen molar-refractivity contribution in [1.29, 1.82) is 0 Å². The Balaban J connectivity index is 0.000000437. The predicted octanol–water partition coefficient (Wildman–Crippen LogP) is 13.3. The molecule has 0 saturated carbocycles. The van der Waals surface area contributed by atoms with Crippen molar-refractivity contribution in [3.8, 4) is 45.0 Å². The van der Waals surface area contributed by atoms with Crippen LogP contribution in [0.2, 0.25) is 0 Å². The van der Waals surface area contributed by atoms with Crippen molar-refractivity contribution in [3.63, 3.8) is 0 Å². The molecule has 0 bridgehead atoms. The molecule has 0 fully saturated rings. The van der Waals surface area contributed by atoms with Gasteiger partial charge in [-0.2, -0.15) is 13.2 Å². The van der Waals surface area contributed by atoms with E-state index in [0.29, 0.717) is 0 Å². The number of fused-ring (bicyclic) bond motifs is 2. The zero-order chi connectivity index (χ0) is 49.4. The van der Waals surface area contributed by atoms with Gasteiger partial charge in [0.25, 0.3) is 0 Å². The Kier molecular flexibility index (Phi) is 29.5. The number of rotatable bonds is 4. The van der Waals surface area contributed by atoms with E-state index in [2.05, 4.69) is 79.2 Å². The summed E-state index contributed by atoms with van der Waals surface area (Å²) in [5, 5.41) is 20.7. The fourth-order valence-corrected chi connectivity index (χ4v) is 7.43. The van der Waals surface area contributed by atoms with Crippen molar-refractivity contribution in [2.45, 2.75) is 26.8 Å². The summed E-state index contributed by atoms with van der Waals surface area (Å²) in [7, 11) is -4.09. The molecule has 4 aromatic carbocycles. The first-order chi connectivity index (χ1) is 32.9. The summed E-state index contributed by atoms with van der Waals surface area (Å²) in [6, 6.07) is 63.9.